The Morgan fingerprint density at radius 3 is 2.00 bits per heavy atom. The molecule has 0 aliphatic carbocycles. The van der Waals surface area contributed by atoms with E-state index >= 15 is 0 Å². The van der Waals surface area contributed by atoms with Gasteiger partial charge in [-0.25, -0.2) is 5.48 Å². The first-order chi connectivity index (χ1) is 12.0. The molecule has 26 heavy (non-hydrogen) atoms. The zero-order valence-electron chi connectivity index (χ0n) is 13.1. The highest BCUT2D eigenvalue weighted by Gasteiger charge is 2.19. The Bertz CT molecular complexity index is 809. The summed E-state index contributed by atoms with van der Waals surface area (Å²) in [4.78, 5) is 23.4. The summed E-state index contributed by atoms with van der Waals surface area (Å²) < 4.78 is 0. The van der Waals surface area contributed by atoms with E-state index in [1.54, 1.807) is 36.4 Å². The summed E-state index contributed by atoms with van der Waals surface area (Å²) in [7, 11) is 0. The first-order valence-electron chi connectivity index (χ1n) is 7.36. The van der Waals surface area contributed by atoms with Crippen LogP contribution in [0.3, 0.4) is 0 Å². The summed E-state index contributed by atoms with van der Waals surface area (Å²) in [6, 6.07) is 12.7. The number of rotatable bonds is 4. The molecular formula is C19H20ClN3O3. The zero-order chi connectivity index (χ0) is 18.2. The second kappa shape index (κ2) is 10.2. The van der Waals surface area contributed by atoms with Crippen LogP contribution in [0, 0.1) is 11.8 Å². The van der Waals surface area contributed by atoms with Crippen molar-refractivity contribution in [2.75, 3.05) is 6.54 Å². The number of nitrogens with one attached hydrogen (secondary N) is 2. The predicted molar refractivity (Wildman–Crippen MR) is 101 cm³/mol. The molecule has 2 rings (SSSR count). The van der Waals surface area contributed by atoms with Gasteiger partial charge < -0.3 is 11.1 Å². The molecule has 0 aliphatic rings. The number of nitrogens with two attached hydrogens (primary N) is 1. The lowest BCUT2D eigenvalue weighted by molar-refractivity contribution is -0.130. The SMILES string of the molecule is C.NC[C@H](NC(=O)c1ccc(C#Cc2ccc(Cl)cc2)cc1)C(=O)NO. The lowest BCUT2D eigenvalue weighted by Crippen LogP contribution is -2.50. The molecule has 0 spiro atoms. The summed E-state index contributed by atoms with van der Waals surface area (Å²) in [5.74, 6) is 4.73. The molecule has 0 saturated carbocycles. The number of halogens is 1. The average molecular weight is 374 g/mol. The molecule has 0 heterocycles. The van der Waals surface area contributed by atoms with E-state index in [9.17, 15) is 9.59 Å². The van der Waals surface area contributed by atoms with Gasteiger partial charge in [0.15, 0.2) is 0 Å². The lowest BCUT2D eigenvalue weighted by atomic mass is 10.1. The van der Waals surface area contributed by atoms with Crippen molar-refractivity contribution in [1.29, 1.82) is 0 Å². The normalized spacial score (nSPS) is 10.6. The molecule has 1 atom stereocenters. The highest BCUT2D eigenvalue weighted by Crippen LogP contribution is 2.09. The van der Waals surface area contributed by atoms with Gasteiger partial charge in [0.05, 0.1) is 0 Å². The van der Waals surface area contributed by atoms with Crippen molar-refractivity contribution in [3.8, 4) is 11.8 Å². The van der Waals surface area contributed by atoms with E-state index in [0.717, 1.165) is 11.1 Å². The second-order valence-corrected chi connectivity index (χ2v) is 5.51. The molecule has 2 aromatic rings. The van der Waals surface area contributed by atoms with Crippen LogP contribution in [0.5, 0.6) is 0 Å². The van der Waals surface area contributed by atoms with Gasteiger partial charge in [-0.1, -0.05) is 30.9 Å². The highest BCUT2D eigenvalue weighted by molar-refractivity contribution is 6.30. The molecule has 7 heteroatoms. The van der Waals surface area contributed by atoms with Gasteiger partial charge >= 0.3 is 0 Å². The van der Waals surface area contributed by atoms with E-state index < -0.39 is 17.9 Å². The third-order valence-electron chi connectivity index (χ3n) is 3.31. The Labute approximate surface area is 157 Å². The molecule has 0 aliphatic heterocycles. The van der Waals surface area contributed by atoms with E-state index in [4.69, 9.17) is 22.5 Å². The van der Waals surface area contributed by atoms with Gasteiger partial charge in [-0.15, -0.1) is 0 Å². The lowest BCUT2D eigenvalue weighted by Gasteiger charge is -2.14. The molecule has 0 unspecified atom stereocenters. The van der Waals surface area contributed by atoms with E-state index in [-0.39, 0.29) is 14.0 Å². The number of benzene rings is 2. The van der Waals surface area contributed by atoms with Gasteiger partial charge in [0.1, 0.15) is 6.04 Å². The van der Waals surface area contributed by atoms with Crippen LogP contribution in [0.2, 0.25) is 5.02 Å². The Balaban J connectivity index is 0.00000338. The Kier molecular flexibility index (Phi) is 8.32. The maximum absolute atomic E-state index is 12.1. The largest absolute Gasteiger partial charge is 0.339 e. The smallest absolute Gasteiger partial charge is 0.267 e. The van der Waals surface area contributed by atoms with Crippen molar-refractivity contribution in [3.63, 3.8) is 0 Å². The van der Waals surface area contributed by atoms with Crippen LogP contribution in [0.4, 0.5) is 0 Å². The molecule has 0 fully saturated rings. The quantitative estimate of drug-likeness (QED) is 0.373. The number of carbonyl (C=O) groups excluding carboxylic acids is 2. The Morgan fingerprint density at radius 1 is 1.04 bits per heavy atom. The molecule has 136 valence electrons. The van der Waals surface area contributed by atoms with Gasteiger partial charge in [-0.05, 0) is 48.5 Å². The van der Waals surface area contributed by atoms with E-state index in [1.165, 1.54) is 5.48 Å². The summed E-state index contributed by atoms with van der Waals surface area (Å²) in [5.41, 5.74) is 8.75. The maximum atomic E-state index is 12.1. The third kappa shape index (κ3) is 5.90. The van der Waals surface area contributed by atoms with Crippen molar-refractivity contribution in [1.82, 2.24) is 10.8 Å². The van der Waals surface area contributed by atoms with Crippen LogP contribution < -0.4 is 16.5 Å². The first-order valence-corrected chi connectivity index (χ1v) is 7.74. The standard InChI is InChI=1S/C18H16ClN3O3.CH4/c19-15-9-5-13(6-10-15)2-1-12-3-7-14(8-4-12)17(23)21-16(11-20)18(24)22-25;/h3-10,16,25H,11,20H2,(H,21,23)(H,22,24);1H4/t16-;/m0./s1. The average Bonchev–Trinajstić information content (AvgIpc) is 2.65. The van der Waals surface area contributed by atoms with Crippen LogP contribution in [-0.4, -0.2) is 29.6 Å². The monoisotopic (exact) mass is 373 g/mol. The maximum Gasteiger partial charge on any atom is 0.267 e. The predicted octanol–water partition coefficient (Wildman–Crippen LogP) is 1.94. The van der Waals surface area contributed by atoms with Gasteiger partial charge in [0.2, 0.25) is 0 Å². The van der Waals surface area contributed by atoms with Crippen molar-refractivity contribution >= 4 is 23.4 Å². The molecule has 0 aromatic heterocycles. The summed E-state index contributed by atoms with van der Waals surface area (Å²) in [5, 5.41) is 11.7. The van der Waals surface area contributed by atoms with Crippen molar-refractivity contribution < 1.29 is 14.8 Å². The van der Waals surface area contributed by atoms with Crippen molar-refractivity contribution in [2.45, 2.75) is 13.5 Å². The molecule has 0 saturated heterocycles. The zero-order valence-corrected chi connectivity index (χ0v) is 13.9. The number of amides is 2. The van der Waals surface area contributed by atoms with E-state index in [1.807, 2.05) is 12.1 Å². The number of hydrogen-bond acceptors (Lipinski definition) is 4. The number of hydrogen-bond donors (Lipinski definition) is 4. The summed E-state index contributed by atoms with van der Waals surface area (Å²) >= 11 is 5.82. The van der Waals surface area contributed by atoms with E-state index in [0.29, 0.717) is 10.6 Å². The molecule has 2 aromatic carbocycles. The molecule has 2 amide bonds. The third-order valence-corrected chi connectivity index (χ3v) is 3.56. The van der Waals surface area contributed by atoms with Gasteiger partial charge in [-0.2, -0.15) is 0 Å². The molecule has 6 nitrogen and oxygen atoms in total. The van der Waals surface area contributed by atoms with Crippen LogP contribution in [-0.2, 0) is 4.79 Å². The fourth-order valence-electron chi connectivity index (χ4n) is 1.93. The topological polar surface area (TPSA) is 104 Å². The van der Waals surface area contributed by atoms with Crippen molar-refractivity contribution in [3.05, 3.63) is 70.2 Å². The van der Waals surface area contributed by atoms with Gasteiger partial charge in [0, 0.05) is 28.3 Å². The minimum absolute atomic E-state index is 0. The van der Waals surface area contributed by atoms with Crippen molar-refractivity contribution in [2.24, 2.45) is 5.73 Å². The fourth-order valence-corrected chi connectivity index (χ4v) is 2.06. The minimum atomic E-state index is -1.01. The number of hydroxylamine groups is 1. The van der Waals surface area contributed by atoms with Crippen LogP contribution in [0.15, 0.2) is 48.5 Å². The van der Waals surface area contributed by atoms with Gasteiger partial charge in [-0.3, -0.25) is 14.8 Å². The van der Waals surface area contributed by atoms with Gasteiger partial charge in [0.25, 0.3) is 11.8 Å². The van der Waals surface area contributed by atoms with Crippen LogP contribution >= 0.6 is 11.6 Å². The molecular weight excluding hydrogens is 354 g/mol. The Morgan fingerprint density at radius 2 is 1.54 bits per heavy atom. The Hall–Kier alpha value is -2.85. The minimum Gasteiger partial charge on any atom is -0.339 e. The number of carbonyl (C=O) groups is 2. The van der Waals surface area contributed by atoms with Crippen LogP contribution in [0.25, 0.3) is 0 Å². The summed E-state index contributed by atoms with van der Waals surface area (Å²) in [6.45, 7) is -0.136. The second-order valence-electron chi connectivity index (χ2n) is 5.07. The van der Waals surface area contributed by atoms with E-state index in [2.05, 4.69) is 17.2 Å². The first kappa shape index (κ1) is 21.2. The molecule has 5 N–H and O–H groups in total. The highest BCUT2D eigenvalue weighted by atomic mass is 35.5. The summed E-state index contributed by atoms with van der Waals surface area (Å²) in [6.07, 6.45) is 0. The fraction of sp³-hybridized carbons (Fsp3) is 0.158. The van der Waals surface area contributed by atoms with Crippen LogP contribution in [0.1, 0.15) is 28.9 Å². The molecule has 0 radical (unpaired) electrons. The molecule has 0 bridgehead atoms.